The van der Waals surface area contributed by atoms with Crippen molar-refractivity contribution in [3.63, 3.8) is 0 Å². The Morgan fingerprint density at radius 1 is 1.03 bits per heavy atom. The summed E-state index contributed by atoms with van der Waals surface area (Å²) in [6.07, 6.45) is 1.42. The molecule has 1 amide bonds. The first kappa shape index (κ1) is 21.8. The van der Waals surface area contributed by atoms with E-state index in [0.717, 1.165) is 0 Å². The zero-order valence-corrected chi connectivity index (χ0v) is 18.5. The number of amides is 1. The summed E-state index contributed by atoms with van der Waals surface area (Å²) in [7, 11) is 2.81. The summed E-state index contributed by atoms with van der Waals surface area (Å²) in [4.78, 5) is 27.4. The van der Waals surface area contributed by atoms with Crippen molar-refractivity contribution in [2.75, 3.05) is 19.1 Å². The number of ketones is 1. The smallest absolute Gasteiger partial charge is 0.300 e. The quantitative estimate of drug-likeness (QED) is 0.310. The molecule has 9 heteroatoms. The van der Waals surface area contributed by atoms with Crippen molar-refractivity contribution >= 4 is 46.3 Å². The van der Waals surface area contributed by atoms with Crippen molar-refractivity contribution in [2.24, 2.45) is 0 Å². The normalized spacial score (nSPS) is 17.6. The summed E-state index contributed by atoms with van der Waals surface area (Å²) < 4.78 is 16.1. The van der Waals surface area contributed by atoms with Gasteiger partial charge in [-0.15, -0.1) is 0 Å². The number of rotatable bonds is 5. The first-order valence-corrected chi connectivity index (χ1v) is 10.1. The van der Waals surface area contributed by atoms with Gasteiger partial charge in [-0.2, -0.15) is 0 Å². The first-order valence-electron chi connectivity index (χ1n) is 9.39. The van der Waals surface area contributed by atoms with Crippen LogP contribution in [0.3, 0.4) is 0 Å². The third-order valence-electron chi connectivity index (χ3n) is 5.09. The number of methoxy groups -OCH3 is 2. The zero-order chi connectivity index (χ0) is 23.0. The van der Waals surface area contributed by atoms with Crippen LogP contribution in [-0.4, -0.2) is 31.0 Å². The van der Waals surface area contributed by atoms with E-state index < -0.39 is 23.5 Å². The van der Waals surface area contributed by atoms with Gasteiger partial charge in [-0.05, 0) is 42.5 Å². The number of benzene rings is 2. The number of carbonyl (C=O) groups is 2. The second kappa shape index (κ2) is 8.61. The van der Waals surface area contributed by atoms with Crippen LogP contribution in [0.25, 0.3) is 5.76 Å². The highest BCUT2D eigenvalue weighted by atomic mass is 35.5. The van der Waals surface area contributed by atoms with E-state index in [1.165, 1.54) is 37.5 Å². The number of Topliss-reactive ketones (excluding diaryl/α,β-unsaturated/α-hetero) is 1. The average molecular weight is 474 g/mol. The molecule has 1 fully saturated rings. The van der Waals surface area contributed by atoms with Crippen LogP contribution in [0.2, 0.25) is 10.0 Å². The molecule has 0 aliphatic carbocycles. The van der Waals surface area contributed by atoms with E-state index in [4.69, 9.17) is 37.1 Å². The number of furan rings is 1. The predicted molar refractivity (Wildman–Crippen MR) is 119 cm³/mol. The van der Waals surface area contributed by atoms with E-state index in [1.54, 1.807) is 36.4 Å². The summed E-state index contributed by atoms with van der Waals surface area (Å²) in [6, 6.07) is 11.5. The Hall–Kier alpha value is -3.42. The van der Waals surface area contributed by atoms with Gasteiger partial charge < -0.3 is 19.0 Å². The van der Waals surface area contributed by atoms with Gasteiger partial charge in [0.05, 0.1) is 36.6 Å². The maximum absolute atomic E-state index is 13.1. The van der Waals surface area contributed by atoms with Crippen molar-refractivity contribution in [1.29, 1.82) is 0 Å². The standard InChI is InChI=1S/C23H17Cl2NO6/c1-30-17-11-15(25)18(31-2)10-14(17)21(27)19-20(16-4-3-9-32-16)26(23(29)22(19)28)13-7-5-12(24)6-8-13/h3-11,20,27H,1-2H3/b21-19+. The lowest BCUT2D eigenvalue weighted by atomic mass is 9.98. The number of anilines is 1. The fourth-order valence-corrected chi connectivity index (χ4v) is 3.96. The van der Waals surface area contributed by atoms with Crippen LogP contribution >= 0.6 is 23.2 Å². The van der Waals surface area contributed by atoms with Gasteiger partial charge >= 0.3 is 0 Å². The van der Waals surface area contributed by atoms with Crippen molar-refractivity contribution in [1.82, 2.24) is 0 Å². The van der Waals surface area contributed by atoms with Crippen LogP contribution in [-0.2, 0) is 9.59 Å². The number of ether oxygens (including phenoxy) is 2. The first-order chi connectivity index (χ1) is 15.4. The van der Waals surface area contributed by atoms with Gasteiger partial charge in [0.15, 0.2) is 0 Å². The molecule has 164 valence electrons. The molecule has 1 saturated heterocycles. The number of hydrogen-bond donors (Lipinski definition) is 1. The fourth-order valence-electron chi connectivity index (χ4n) is 3.61. The lowest BCUT2D eigenvalue weighted by molar-refractivity contribution is -0.132. The molecule has 1 atom stereocenters. The second-order valence-corrected chi connectivity index (χ2v) is 7.69. The molecule has 0 spiro atoms. The van der Waals surface area contributed by atoms with E-state index in [9.17, 15) is 14.7 Å². The largest absolute Gasteiger partial charge is 0.507 e. The number of hydrogen-bond acceptors (Lipinski definition) is 6. The predicted octanol–water partition coefficient (Wildman–Crippen LogP) is 5.23. The average Bonchev–Trinajstić information content (AvgIpc) is 3.41. The number of halogens is 2. The topological polar surface area (TPSA) is 89.2 Å². The van der Waals surface area contributed by atoms with Crippen LogP contribution < -0.4 is 14.4 Å². The maximum atomic E-state index is 13.1. The summed E-state index contributed by atoms with van der Waals surface area (Å²) in [5, 5.41) is 12.0. The summed E-state index contributed by atoms with van der Waals surface area (Å²) in [6.45, 7) is 0. The van der Waals surface area contributed by atoms with Crippen LogP contribution in [0.15, 0.2) is 64.8 Å². The molecule has 4 rings (SSSR count). The lowest BCUT2D eigenvalue weighted by Gasteiger charge is -2.23. The van der Waals surface area contributed by atoms with Gasteiger partial charge in [0.1, 0.15) is 29.1 Å². The minimum Gasteiger partial charge on any atom is -0.507 e. The van der Waals surface area contributed by atoms with Gasteiger partial charge in [0, 0.05) is 16.8 Å². The highest BCUT2D eigenvalue weighted by molar-refractivity contribution is 6.51. The van der Waals surface area contributed by atoms with Crippen LogP contribution in [0.4, 0.5) is 5.69 Å². The Labute approximate surface area is 193 Å². The van der Waals surface area contributed by atoms with E-state index in [1.807, 2.05) is 0 Å². The molecule has 0 radical (unpaired) electrons. The molecule has 0 bridgehead atoms. The molecule has 2 aromatic carbocycles. The van der Waals surface area contributed by atoms with E-state index in [2.05, 4.69) is 0 Å². The molecule has 1 aromatic heterocycles. The lowest BCUT2D eigenvalue weighted by Crippen LogP contribution is -2.29. The molecule has 1 N–H and O–H groups in total. The fraction of sp³-hybridized carbons (Fsp3) is 0.130. The molecule has 0 saturated carbocycles. The molecule has 2 heterocycles. The molecule has 7 nitrogen and oxygen atoms in total. The molecule has 1 unspecified atom stereocenters. The van der Waals surface area contributed by atoms with Gasteiger partial charge in [-0.25, -0.2) is 0 Å². The SMILES string of the molecule is COc1cc(/C(O)=C2\C(=O)C(=O)N(c3ccc(Cl)cc3)C2c2ccco2)c(OC)cc1Cl. The minimum atomic E-state index is -1.02. The summed E-state index contributed by atoms with van der Waals surface area (Å²) >= 11 is 12.1. The van der Waals surface area contributed by atoms with E-state index >= 15 is 0 Å². The molecule has 1 aliphatic rings. The second-order valence-electron chi connectivity index (χ2n) is 6.85. The highest BCUT2D eigenvalue weighted by Crippen LogP contribution is 2.44. The zero-order valence-electron chi connectivity index (χ0n) is 17.0. The molecule has 1 aliphatic heterocycles. The van der Waals surface area contributed by atoms with Gasteiger partial charge in [-0.3, -0.25) is 14.5 Å². The number of aliphatic hydroxyl groups is 1. The van der Waals surface area contributed by atoms with Crippen LogP contribution in [0.5, 0.6) is 11.5 Å². The maximum Gasteiger partial charge on any atom is 0.300 e. The molecule has 32 heavy (non-hydrogen) atoms. The van der Waals surface area contributed by atoms with Crippen LogP contribution in [0, 0.1) is 0 Å². The number of aliphatic hydroxyl groups excluding tert-OH is 1. The van der Waals surface area contributed by atoms with Gasteiger partial charge in [0.2, 0.25) is 0 Å². The number of nitrogens with zero attached hydrogens (tertiary/aromatic N) is 1. The van der Waals surface area contributed by atoms with E-state index in [-0.39, 0.29) is 27.7 Å². The Morgan fingerprint density at radius 3 is 2.31 bits per heavy atom. The van der Waals surface area contributed by atoms with E-state index in [0.29, 0.717) is 16.5 Å². The molecule has 3 aromatic rings. The van der Waals surface area contributed by atoms with Crippen molar-refractivity contribution in [2.45, 2.75) is 6.04 Å². The number of carbonyl (C=O) groups excluding carboxylic acids is 2. The van der Waals surface area contributed by atoms with Crippen molar-refractivity contribution < 1.29 is 28.6 Å². The van der Waals surface area contributed by atoms with Gasteiger partial charge in [0.25, 0.3) is 11.7 Å². The third-order valence-corrected chi connectivity index (χ3v) is 5.64. The highest BCUT2D eigenvalue weighted by Gasteiger charge is 2.48. The van der Waals surface area contributed by atoms with Crippen molar-refractivity contribution in [3.05, 3.63) is 81.7 Å². The Morgan fingerprint density at radius 2 is 1.72 bits per heavy atom. The minimum absolute atomic E-state index is 0.138. The monoisotopic (exact) mass is 473 g/mol. The Bertz CT molecular complexity index is 1220. The Balaban J connectivity index is 1.96. The van der Waals surface area contributed by atoms with Crippen molar-refractivity contribution in [3.8, 4) is 11.5 Å². The summed E-state index contributed by atoms with van der Waals surface area (Å²) in [5.74, 6) is -1.40. The Kier molecular flexibility index (Phi) is 5.86. The molecular formula is C23H17Cl2NO6. The van der Waals surface area contributed by atoms with Crippen LogP contribution in [0.1, 0.15) is 17.4 Å². The molecular weight excluding hydrogens is 457 g/mol. The van der Waals surface area contributed by atoms with Gasteiger partial charge in [-0.1, -0.05) is 23.2 Å². The third kappa shape index (κ3) is 3.59. The summed E-state index contributed by atoms with van der Waals surface area (Å²) in [5.41, 5.74) is 0.389.